The number of nitrogens with zero attached hydrogens (tertiary/aromatic N) is 3. The molecule has 1 atom stereocenters. The van der Waals surface area contributed by atoms with E-state index in [1.807, 2.05) is 0 Å². The molecule has 0 radical (unpaired) electrons. The summed E-state index contributed by atoms with van der Waals surface area (Å²) < 4.78 is 1.35. The number of halogens is 1. The van der Waals surface area contributed by atoms with E-state index in [1.54, 1.807) is 38.1 Å². The molecular weight excluding hydrogens is 294 g/mol. The minimum atomic E-state index is -0.677. The van der Waals surface area contributed by atoms with E-state index in [1.165, 1.54) is 4.68 Å². The van der Waals surface area contributed by atoms with Crippen molar-refractivity contribution < 1.29 is 9.59 Å². The molecule has 0 bridgehead atoms. The number of primary amides is 1. The van der Waals surface area contributed by atoms with Crippen LogP contribution in [0.2, 0.25) is 5.02 Å². The molecule has 3 N–H and O–H groups in total. The van der Waals surface area contributed by atoms with E-state index in [0.29, 0.717) is 16.4 Å². The monoisotopic (exact) mass is 307 g/mol. The fourth-order valence-electron chi connectivity index (χ4n) is 1.83. The van der Waals surface area contributed by atoms with Gasteiger partial charge in [0.1, 0.15) is 6.04 Å². The maximum Gasteiger partial charge on any atom is 0.271 e. The molecule has 1 aromatic carbocycles. The second-order valence-corrected chi connectivity index (χ2v) is 4.94. The highest BCUT2D eigenvalue weighted by Crippen LogP contribution is 2.16. The number of carbonyl (C=O) groups excluding carboxylic acids is 2. The van der Waals surface area contributed by atoms with Crippen LogP contribution < -0.4 is 11.1 Å². The fraction of sp³-hybridized carbons (Fsp3) is 0.231. The third-order valence-corrected chi connectivity index (χ3v) is 3.27. The third kappa shape index (κ3) is 3.19. The van der Waals surface area contributed by atoms with Crippen molar-refractivity contribution in [3.8, 4) is 0 Å². The Morgan fingerprint density at radius 2 is 1.95 bits per heavy atom. The summed E-state index contributed by atoms with van der Waals surface area (Å²) >= 11 is 5.78. The lowest BCUT2D eigenvalue weighted by Crippen LogP contribution is -2.25. The Labute approximate surface area is 126 Å². The van der Waals surface area contributed by atoms with Gasteiger partial charge in [-0.1, -0.05) is 16.8 Å². The lowest BCUT2D eigenvalue weighted by atomic mass is 10.2. The summed E-state index contributed by atoms with van der Waals surface area (Å²) in [7, 11) is 0. The van der Waals surface area contributed by atoms with Crippen LogP contribution in [0.5, 0.6) is 0 Å². The van der Waals surface area contributed by atoms with E-state index in [2.05, 4.69) is 15.6 Å². The second kappa shape index (κ2) is 5.92. The Morgan fingerprint density at radius 1 is 1.33 bits per heavy atom. The van der Waals surface area contributed by atoms with Gasteiger partial charge >= 0.3 is 0 Å². The van der Waals surface area contributed by atoms with E-state index < -0.39 is 11.9 Å². The molecule has 1 heterocycles. The maximum atomic E-state index is 12.2. The van der Waals surface area contributed by atoms with Crippen molar-refractivity contribution in [1.82, 2.24) is 15.0 Å². The van der Waals surface area contributed by atoms with Crippen LogP contribution >= 0.6 is 11.6 Å². The summed E-state index contributed by atoms with van der Waals surface area (Å²) in [6.07, 6.45) is 0. The summed E-state index contributed by atoms with van der Waals surface area (Å²) in [6, 6.07) is 6.09. The number of benzene rings is 1. The number of anilines is 1. The molecular formula is C13H14ClN5O2. The summed E-state index contributed by atoms with van der Waals surface area (Å²) in [4.78, 5) is 23.3. The number of rotatable bonds is 4. The SMILES string of the molecule is Cc1c(C(N)=O)nnn1C(C)C(=O)Nc1ccc(Cl)cc1. The van der Waals surface area contributed by atoms with Crippen molar-refractivity contribution in [3.05, 3.63) is 40.7 Å². The minimum Gasteiger partial charge on any atom is -0.364 e. The number of nitrogens with one attached hydrogen (secondary N) is 1. The van der Waals surface area contributed by atoms with Gasteiger partial charge in [0.15, 0.2) is 5.69 Å². The van der Waals surface area contributed by atoms with Crippen LogP contribution in [-0.4, -0.2) is 26.8 Å². The summed E-state index contributed by atoms with van der Waals surface area (Å²) in [5.41, 5.74) is 6.29. The maximum absolute atomic E-state index is 12.2. The van der Waals surface area contributed by atoms with Crippen molar-refractivity contribution >= 4 is 29.1 Å². The van der Waals surface area contributed by atoms with Gasteiger partial charge < -0.3 is 11.1 Å². The van der Waals surface area contributed by atoms with Crippen LogP contribution in [0.15, 0.2) is 24.3 Å². The van der Waals surface area contributed by atoms with Gasteiger partial charge in [0.25, 0.3) is 5.91 Å². The molecule has 0 aliphatic carbocycles. The number of nitrogens with two attached hydrogens (primary N) is 1. The average molecular weight is 308 g/mol. The zero-order chi connectivity index (χ0) is 15.6. The van der Waals surface area contributed by atoms with Crippen molar-refractivity contribution in [3.63, 3.8) is 0 Å². The van der Waals surface area contributed by atoms with Gasteiger partial charge in [0.05, 0.1) is 5.69 Å². The average Bonchev–Trinajstić information content (AvgIpc) is 2.82. The minimum absolute atomic E-state index is 0.0566. The first-order valence-corrected chi connectivity index (χ1v) is 6.56. The predicted octanol–water partition coefficient (Wildman–Crippen LogP) is 1.54. The van der Waals surface area contributed by atoms with Crippen molar-refractivity contribution in [2.75, 3.05) is 5.32 Å². The van der Waals surface area contributed by atoms with Gasteiger partial charge in [-0.25, -0.2) is 4.68 Å². The Morgan fingerprint density at radius 3 is 2.48 bits per heavy atom. The van der Waals surface area contributed by atoms with Crippen LogP contribution in [0.25, 0.3) is 0 Å². The quantitative estimate of drug-likeness (QED) is 0.894. The Hall–Kier alpha value is -2.41. The molecule has 8 heteroatoms. The zero-order valence-electron chi connectivity index (χ0n) is 11.5. The first-order chi connectivity index (χ1) is 9.90. The van der Waals surface area contributed by atoms with Crippen LogP contribution in [-0.2, 0) is 4.79 Å². The van der Waals surface area contributed by atoms with Gasteiger partial charge in [-0.05, 0) is 38.1 Å². The highest BCUT2D eigenvalue weighted by molar-refractivity contribution is 6.30. The normalized spacial score (nSPS) is 12.0. The molecule has 0 saturated carbocycles. The van der Waals surface area contributed by atoms with Gasteiger partial charge in [-0.3, -0.25) is 9.59 Å². The van der Waals surface area contributed by atoms with Crippen molar-refractivity contribution in [2.24, 2.45) is 5.73 Å². The standard InChI is InChI=1S/C13H14ClN5O2/c1-7-11(12(15)20)17-18-19(7)8(2)13(21)16-10-5-3-9(14)4-6-10/h3-6,8H,1-2H3,(H2,15,20)(H,16,21). The molecule has 0 saturated heterocycles. The second-order valence-electron chi connectivity index (χ2n) is 4.50. The molecule has 1 aromatic heterocycles. The topological polar surface area (TPSA) is 103 Å². The Balaban J connectivity index is 2.16. The van der Waals surface area contributed by atoms with Crippen molar-refractivity contribution in [1.29, 1.82) is 0 Å². The highest BCUT2D eigenvalue weighted by Gasteiger charge is 2.22. The van der Waals surface area contributed by atoms with E-state index >= 15 is 0 Å². The molecule has 0 aliphatic rings. The lowest BCUT2D eigenvalue weighted by Gasteiger charge is -2.13. The molecule has 7 nitrogen and oxygen atoms in total. The fourth-order valence-corrected chi connectivity index (χ4v) is 1.95. The summed E-state index contributed by atoms with van der Waals surface area (Å²) in [5, 5.41) is 10.8. The van der Waals surface area contributed by atoms with E-state index in [0.717, 1.165) is 0 Å². The van der Waals surface area contributed by atoms with Crippen LogP contribution in [0, 0.1) is 6.92 Å². The van der Waals surface area contributed by atoms with Gasteiger partial charge in [0, 0.05) is 10.7 Å². The number of aromatic nitrogens is 3. The van der Waals surface area contributed by atoms with E-state index in [9.17, 15) is 9.59 Å². The smallest absolute Gasteiger partial charge is 0.271 e. The van der Waals surface area contributed by atoms with Crippen molar-refractivity contribution in [2.45, 2.75) is 19.9 Å². The largest absolute Gasteiger partial charge is 0.364 e. The first kappa shape index (κ1) is 15.0. The summed E-state index contributed by atoms with van der Waals surface area (Å²) in [5.74, 6) is -0.967. The third-order valence-electron chi connectivity index (χ3n) is 3.02. The molecule has 2 amide bonds. The van der Waals surface area contributed by atoms with Crippen LogP contribution in [0.1, 0.15) is 29.1 Å². The van der Waals surface area contributed by atoms with Crippen LogP contribution in [0.4, 0.5) is 5.69 Å². The summed E-state index contributed by atoms with van der Waals surface area (Å²) in [6.45, 7) is 3.28. The molecule has 2 rings (SSSR count). The van der Waals surface area contributed by atoms with Gasteiger partial charge in [-0.15, -0.1) is 5.10 Å². The molecule has 0 aliphatic heterocycles. The van der Waals surface area contributed by atoms with E-state index in [4.69, 9.17) is 17.3 Å². The first-order valence-electron chi connectivity index (χ1n) is 6.18. The number of amides is 2. The number of carbonyl (C=O) groups is 2. The lowest BCUT2D eigenvalue weighted by molar-refractivity contribution is -0.119. The molecule has 21 heavy (non-hydrogen) atoms. The van der Waals surface area contributed by atoms with Gasteiger partial charge in [-0.2, -0.15) is 0 Å². The highest BCUT2D eigenvalue weighted by atomic mass is 35.5. The Kier molecular flexibility index (Phi) is 4.23. The molecule has 2 aromatic rings. The molecule has 0 fully saturated rings. The predicted molar refractivity (Wildman–Crippen MR) is 78.1 cm³/mol. The zero-order valence-corrected chi connectivity index (χ0v) is 12.3. The molecule has 1 unspecified atom stereocenters. The van der Waals surface area contributed by atoms with Gasteiger partial charge in [0.2, 0.25) is 5.91 Å². The molecule has 0 spiro atoms. The molecule has 110 valence electrons. The Bertz CT molecular complexity index is 680. The number of hydrogen-bond donors (Lipinski definition) is 2. The number of hydrogen-bond acceptors (Lipinski definition) is 4. The van der Waals surface area contributed by atoms with E-state index in [-0.39, 0.29) is 11.6 Å². The van der Waals surface area contributed by atoms with Crippen LogP contribution in [0.3, 0.4) is 0 Å².